The molecule has 1 saturated heterocycles. The number of ether oxygens (including phenoxy) is 1. The molecular formula is C19H21N5O2S. The van der Waals surface area contributed by atoms with Gasteiger partial charge < -0.3 is 19.5 Å². The predicted molar refractivity (Wildman–Crippen MR) is 107 cm³/mol. The third kappa shape index (κ3) is 3.91. The molecule has 0 aliphatic carbocycles. The number of hydrogen-bond donors (Lipinski definition) is 1. The first-order valence-corrected chi connectivity index (χ1v) is 9.59. The summed E-state index contributed by atoms with van der Waals surface area (Å²) in [6.07, 6.45) is 1.78. The van der Waals surface area contributed by atoms with E-state index in [2.05, 4.69) is 31.8 Å². The first-order valence-electron chi connectivity index (χ1n) is 8.78. The molecule has 0 radical (unpaired) electrons. The number of piperazine rings is 1. The zero-order valence-corrected chi connectivity index (χ0v) is 16.1. The number of nitrogens with one attached hydrogen (secondary N) is 1. The number of benzene rings is 1. The van der Waals surface area contributed by atoms with Gasteiger partial charge in [0.25, 0.3) is 5.88 Å². The summed E-state index contributed by atoms with van der Waals surface area (Å²) in [6, 6.07) is 9.29. The van der Waals surface area contributed by atoms with Crippen molar-refractivity contribution in [3.05, 3.63) is 46.9 Å². The molecule has 0 atom stereocenters. The first kappa shape index (κ1) is 17.8. The second-order valence-electron chi connectivity index (χ2n) is 6.51. The van der Waals surface area contributed by atoms with E-state index < -0.39 is 0 Å². The van der Waals surface area contributed by atoms with Crippen LogP contribution >= 0.6 is 11.8 Å². The highest BCUT2D eigenvalue weighted by molar-refractivity contribution is 7.99. The van der Waals surface area contributed by atoms with Gasteiger partial charge >= 0.3 is 0 Å². The fraction of sp³-hybridized carbons (Fsp3) is 0.316. The zero-order chi connectivity index (χ0) is 18.8. The van der Waals surface area contributed by atoms with Gasteiger partial charge in [-0.2, -0.15) is 0 Å². The Hall–Kier alpha value is -2.58. The second-order valence-corrected chi connectivity index (χ2v) is 7.60. The zero-order valence-electron chi connectivity index (χ0n) is 15.3. The molecule has 27 heavy (non-hydrogen) atoms. The van der Waals surface area contributed by atoms with E-state index in [4.69, 9.17) is 4.74 Å². The summed E-state index contributed by atoms with van der Waals surface area (Å²) in [5.74, 6) is 1.33. The Morgan fingerprint density at radius 3 is 2.70 bits per heavy atom. The molecular weight excluding hydrogens is 362 g/mol. The van der Waals surface area contributed by atoms with Crippen molar-refractivity contribution in [3.8, 4) is 5.88 Å². The van der Waals surface area contributed by atoms with Gasteiger partial charge in [0, 0.05) is 42.7 Å². The van der Waals surface area contributed by atoms with Crippen molar-refractivity contribution in [2.45, 2.75) is 9.92 Å². The van der Waals surface area contributed by atoms with Crippen LogP contribution in [0, 0.1) is 0 Å². The molecule has 1 aliphatic rings. The van der Waals surface area contributed by atoms with Gasteiger partial charge in [-0.15, -0.1) is 0 Å². The van der Waals surface area contributed by atoms with E-state index >= 15 is 0 Å². The van der Waals surface area contributed by atoms with Crippen LogP contribution in [0.4, 0.5) is 5.82 Å². The molecule has 0 bridgehead atoms. The molecule has 0 saturated carbocycles. The van der Waals surface area contributed by atoms with Crippen LogP contribution in [0.3, 0.4) is 0 Å². The number of aromatic nitrogens is 3. The molecule has 7 nitrogen and oxygen atoms in total. The maximum Gasteiger partial charge on any atom is 0.258 e. The maximum absolute atomic E-state index is 11.5. The molecule has 1 aromatic carbocycles. The van der Waals surface area contributed by atoms with E-state index in [1.807, 2.05) is 24.3 Å². The third-order valence-corrected chi connectivity index (χ3v) is 5.51. The number of aromatic amines is 1. The lowest BCUT2D eigenvalue weighted by Gasteiger charge is -2.33. The maximum atomic E-state index is 11.5. The van der Waals surface area contributed by atoms with Gasteiger partial charge in [0.15, 0.2) is 5.82 Å². The lowest BCUT2D eigenvalue weighted by atomic mass is 10.2. The van der Waals surface area contributed by atoms with Crippen molar-refractivity contribution in [3.63, 3.8) is 0 Å². The number of nitrogens with zero attached hydrogens (tertiary/aromatic N) is 4. The Morgan fingerprint density at radius 1 is 1.15 bits per heavy atom. The van der Waals surface area contributed by atoms with Gasteiger partial charge in [-0.25, -0.2) is 9.97 Å². The summed E-state index contributed by atoms with van der Waals surface area (Å²) in [4.78, 5) is 29.1. The minimum Gasteiger partial charge on any atom is -0.478 e. The molecule has 8 heteroatoms. The normalized spacial score (nSPS) is 15.3. The van der Waals surface area contributed by atoms with Crippen LogP contribution in [0.25, 0.3) is 10.9 Å². The lowest BCUT2D eigenvalue weighted by Crippen LogP contribution is -2.45. The fourth-order valence-corrected chi connectivity index (χ4v) is 3.87. The van der Waals surface area contributed by atoms with Crippen LogP contribution in [-0.4, -0.2) is 60.2 Å². The average molecular weight is 383 g/mol. The highest BCUT2D eigenvalue weighted by Crippen LogP contribution is 2.32. The highest BCUT2D eigenvalue weighted by Gasteiger charge is 2.20. The summed E-state index contributed by atoms with van der Waals surface area (Å²) < 4.78 is 5.50. The minimum absolute atomic E-state index is 0.109. The predicted octanol–water partition coefficient (Wildman–Crippen LogP) is 2.23. The number of anilines is 1. The van der Waals surface area contributed by atoms with E-state index in [0.717, 1.165) is 52.8 Å². The Kier molecular flexibility index (Phi) is 5.00. The standard InChI is InChI=1S/C19H21N5O2S/c1-23-7-9-24(10-8-23)18-19(26-2)22-17(12-20-18)27-14-5-3-13-4-6-16(25)21-15(13)11-14/h3-6,11-12H,7-10H2,1-2H3,(H,21,25). The number of pyridine rings is 1. The quantitative estimate of drug-likeness (QED) is 0.740. The van der Waals surface area contributed by atoms with Crippen LogP contribution in [0.5, 0.6) is 5.88 Å². The van der Waals surface area contributed by atoms with Crippen LogP contribution < -0.4 is 15.2 Å². The molecule has 0 amide bonds. The van der Waals surface area contributed by atoms with Crippen LogP contribution in [-0.2, 0) is 0 Å². The van der Waals surface area contributed by atoms with Gasteiger partial charge in [-0.1, -0.05) is 17.8 Å². The van der Waals surface area contributed by atoms with E-state index in [9.17, 15) is 4.79 Å². The van der Waals surface area contributed by atoms with Crippen molar-refractivity contribution in [1.82, 2.24) is 19.9 Å². The highest BCUT2D eigenvalue weighted by atomic mass is 32.2. The van der Waals surface area contributed by atoms with Crippen LogP contribution in [0.2, 0.25) is 0 Å². The lowest BCUT2D eigenvalue weighted by molar-refractivity contribution is 0.309. The molecule has 0 unspecified atom stereocenters. The summed E-state index contributed by atoms with van der Waals surface area (Å²) in [5.41, 5.74) is 0.698. The summed E-state index contributed by atoms with van der Waals surface area (Å²) in [7, 11) is 3.75. The smallest absolute Gasteiger partial charge is 0.258 e. The largest absolute Gasteiger partial charge is 0.478 e. The molecule has 1 fully saturated rings. The SMILES string of the molecule is COc1nc(Sc2ccc3ccc(=O)[nH]c3c2)cnc1N1CCN(C)CC1. The number of hydrogen-bond acceptors (Lipinski definition) is 7. The van der Waals surface area contributed by atoms with Crippen molar-refractivity contribution in [1.29, 1.82) is 0 Å². The number of fused-ring (bicyclic) bond motifs is 1. The molecule has 140 valence electrons. The summed E-state index contributed by atoms with van der Waals surface area (Å²) >= 11 is 1.49. The van der Waals surface area contributed by atoms with E-state index in [1.165, 1.54) is 17.8 Å². The van der Waals surface area contributed by atoms with Gasteiger partial charge in [0.05, 0.1) is 13.3 Å². The molecule has 1 N–H and O–H groups in total. The van der Waals surface area contributed by atoms with Crippen molar-refractivity contribution in [2.75, 3.05) is 45.2 Å². The number of H-pyrrole nitrogens is 1. The fourth-order valence-electron chi connectivity index (χ4n) is 3.08. The van der Waals surface area contributed by atoms with Crippen molar-refractivity contribution < 1.29 is 4.74 Å². The number of methoxy groups -OCH3 is 1. The van der Waals surface area contributed by atoms with Gasteiger partial charge in [-0.3, -0.25) is 4.79 Å². The Morgan fingerprint density at radius 2 is 1.93 bits per heavy atom. The Balaban J connectivity index is 1.58. The van der Waals surface area contributed by atoms with Crippen molar-refractivity contribution in [2.24, 2.45) is 0 Å². The minimum atomic E-state index is -0.109. The Labute approximate surface area is 161 Å². The first-order chi connectivity index (χ1) is 13.1. The number of likely N-dealkylation sites (N-methyl/N-ethyl adjacent to an activating group) is 1. The van der Waals surface area contributed by atoms with Gasteiger partial charge in [0.2, 0.25) is 5.56 Å². The molecule has 4 rings (SSSR count). The van der Waals surface area contributed by atoms with Gasteiger partial charge in [0.1, 0.15) is 5.03 Å². The van der Waals surface area contributed by atoms with Crippen LogP contribution in [0.1, 0.15) is 0 Å². The van der Waals surface area contributed by atoms with Crippen molar-refractivity contribution >= 4 is 28.5 Å². The number of rotatable bonds is 4. The Bertz CT molecular complexity index is 1010. The second kappa shape index (κ2) is 7.58. The molecule has 3 aromatic rings. The summed E-state index contributed by atoms with van der Waals surface area (Å²) in [6.45, 7) is 3.81. The molecule has 3 heterocycles. The average Bonchev–Trinajstić information content (AvgIpc) is 2.68. The topological polar surface area (TPSA) is 74.3 Å². The van der Waals surface area contributed by atoms with Crippen LogP contribution in [0.15, 0.2) is 51.2 Å². The van der Waals surface area contributed by atoms with Gasteiger partial charge in [-0.05, 0) is 30.6 Å². The van der Waals surface area contributed by atoms with E-state index in [0.29, 0.717) is 5.88 Å². The molecule has 1 aliphatic heterocycles. The van der Waals surface area contributed by atoms with E-state index in [1.54, 1.807) is 13.3 Å². The monoisotopic (exact) mass is 383 g/mol. The molecule has 0 spiro atoms. The molecule has 2 aromatic heterocycles. The third-order valence-electron chi connectivity index (χ3n) is 4.62. The van der Waals surface area contributed by atoms with E-state index in [-0.39, 0.29) is 5.56 Å². The summed E-state index contributed by atoms with van der Waals surface area (Å²) in [5, 5.41) is 1.75.